The summed E-state index contributed by atoms with van der Waals surface area (Å²) in [5, 5.41) is 0.498. The molecule has 0 radical (unpaired) electrons. The first-order chi connectivity index (χ1) is 9.18. The number of alkyl halides is 4. The highest BCUT2D eigenvalue weighted by Gasteiger charge is 2.88. The summed E-state index contributed by atoms with van der Waals surface area (Å²) < 4.78 is 4.66. The van der Waals surface area contributed by atoms with Crippen LogP contribution < -0.4 is 0 Å². The zero-order valence-electron chi connectivity index (χ0n) is 10.3. The van der Waals surface area contributed by atoms with Gasteiger partial charge in [0.2, 0.25) is 0 Å². The van der Waals surface area contributed by atoms with Crippen molar-refractivity contribution >= 4 is 69.6 Å². The van der Waals surface area contributed by atoms with Crippen LogP contribution in [0.25, 0.3) is 0 Å². The lowest BCUT2D eigenvalue weighted by atomic mass is 9.68. The summed E-state index contributed by atoms with van der Waals surface area (Å²) >= 11 is 39.6. The first-order valence-electron chi connectivity index (χ1n) is 6.37. The predicted octanol–water partition coefficient (Wildman–Crippen LogP) is 5.18. The SMILES string of the molecule is CC[C@@]12C=C[C@@H](O1)[C@H]1[C@@H]2[C@@]2(Cl)C(Cl)=C(Cl)[C@]1(Cl)C2(Cl)Cl. The van der Waals surface area contributed by atoms with Crippen molar-refractivity contribution in [3.63, 3.8) is 0 Å². The van der Waals surface area contributed by atoms with Crippen LogP contribution in [0.5, 0.6) is 0 Å². The topological polar surface area (TPSA) is 9.23 Å². The monoisotopic (exact) mass is 392 g/mol. The molecule has 2 fully saturated rings. The molecule has 1 saturated heterocycles. The van der Waals surface area contributed by atoms with Gasteiger partial charge < -0.3 is 4.74 Å². The minimum atomic E-state index is -1.47. The molecule has 6 atom stereocenters. The van der Waals surface area contributed by atoms with Gasteiger partial charge in [0, 0.05) is 11.8 Å². The van der Waals surface area contributed by atoms with Crippen LogP contribution in [-0.4, -0.2) is 25.8 Å². The second kappa shape index (κ2) is 3.80. The molecule has 0 aromatic heterocycles. The average molecular weight is 395 g/mol. The van der Waals surface area contributed by atoms with Crippen molar-refractivity contribution in [3.05, 3.63) is 22.2 Å². The van der Waals surface area contributed by atoms with Gasteiger partial charge in [-0.2, -0.15) is 0 Å². The number of rotatable bonds is 1. The smallest absolute Gasteiger partial charge is 0.167 e. The van der Waals surface area contributed by atoms with Gasteiger partial charge in [-0.15, -0.1) is 23.2 Å². The van der Waals surface area contributed by atoms with Crippen LogP contribution in [0.1, 0.15) is 13.3 Å². The van der Waals surface area contributed by atoms with Gasteiger partial charge >= 0.3 is 0 Å². The maximum Gasteiger partial charge on any atom is 0.167 e. The second-order valence-electron chi connectivity index (χ2n) is 5.88. The fraction of sp³-hybridized carbons (Fsp3) is 0.692. The fourth-order valence-electron chi connectivity index (χ4n) is 4.46. The van der Waals surface area contributed by atoms with Crippen molar-refractivity contribution in [2.45, 2.75) is 39.1 Å². The molecule has 1 saturated carbocycles. The summed E-state index contributed by atoms with van der Waals surface area (Å²) in [6, 6.07) is 0. The van der Waals surface area contributed by atoms with E-state index in [0.29, 0.717) is 0 Å². The van der Waals surface area contributed by atoms with Gasteiger partial charge in [0.1, 0.15) is 9.75 Å². The molecule has 7 heteroatoms. The summed E-state index contributed by atoms with van der Waals surface area (Å²) in [5.74, 6) is -0.379. The van der Waals surface area contributed by atoms with Gasteiger partial charge in [-0.25, -0.2) is 0 Å². The van der Waals surface area contributed by atoms with Gasteiger partial charge in [0.25, 0.3) is 0 Å². The largest absolute Gasteiger partial charge is 0.363 e. The summed E-state index contributed by atoms with van der Waals surface area (Å²) in [7, 11) is 0. The van der Waals surface area contributed by atoms with Crippen LogP contribution in [0, 0.1) is 11.8 Å². The molecule has 4 aliphatic rings. The lowest BCUT2D eigenvalue weighted by molar-refractivity contribution is 0.000858. The van der Waals surface area contributed by atoms with Crippen molar-refractivity contribution in [1.82, 2.24) is 0 Å². The molecular formula is C13H10Cl6O. The minimum Gasteiger partial charge on any atom is -0.363 e. The molecule has 20 heavy (non-hydrogen) atoms. The van der Waals surface area contributed by atoms with Crippen LogP contribution in [0.3, 0.4) is 0 Å². The number of halogens is 6. The Balaban J connectivity index is 2.03. The number of allylic oxidation sites excluding steroid dienone is 2. The Morgan fingerprint density at radius 2 is 1.70 bits per heavy atom. The van der Waals surface area contributed by atoms with Crippen LogP contribution in [0.2, 0.25) is 0 Å². The maximum absolute atomic E-state index is 6.85. The van der Waals surface area contributed by atoms with Gasteiger partial charge in [-0.1, -0.05) is 65.5 Å². The van der Waals surface area contributed by atoms with E-state index in [0.717, 1.165) is 6.42 Å². The second-order valence-corrected chi connectivity index (χ2v) is 9.16. The molecule has 0 spiro atoms. The Morgan fingerprint density at radius 3 is 2.30 bits per heavy atom. The quantitative estimate of drug-likeness (QED) is 0.439. The van der Waals surface area contributed by atoms with Crippen LogP contribution in [-0.2, 0) is 4.74 Å². The molecule has 0 aromatic carbocycles. The van der Waals surface area contributed by atoms with E-state index in [-0.39, 0.29) is 28.0 Å². The van der Waals surface area contributed by atoms with Gasteiger partial charge in [0.15, 0.2) is 4.33 Å². The molecule has 2 aliphatic heterocycles. The highest BCUT2D eigenvalue weighted by atomic mass is 35.5. The van der Waals surface area contributed by atoms with E-state index in [2.05, 4.69) is 0 Å². The molecule has 0 amide bonds. The standard InChI is InChI=1S/C13H10Cl6O/c1-2-10-4-3-5(20-10)6-7(10)12(17)9(15)8(14)11(6,16)13(12,18)19/h3-7H,2H2,1H3/t5-,6+,7+,10+,11+,12-/m1/s1. The van der Waals surface area contributed by atoms with Gasteiger partial charge in [0.05, 0.1) is 21.8 Å². The third kappa shape index (κ3) is 1.12. The van der Waals surface area contributed by atoms with Crippen molar-refractivity contribution in [2.75, 3.05) is 0 Å². The molecule has 0 aromatic rings. The zero-order chi connectivity index (χ0) is 14.7. The molecule has 2 aliphatic carbocycles. The predicted molar refractivity (Wildman–Crippen MR) is 84.4 cm³/mol. The highest BCUT2D eigenvalue weighted by molar-refractivity contribution is 6.65. The maximum atomic E-state index is 6.85. The average Bonchev–Trinajstić information content (AvgIpc) is 3.04. The van der Waals surface area contributed by atoms with E-state index in [1.165, 1.54) is 0 Å². The van der Waals surface area contributed by atoms with Gasteiger partial charge in [-0.3, -0.25) is 0 Å². The molecule has 0 N–H and O–H groups in total. The molecule has 2 heterocycles. The first kappa shape index (κ1) is 14.8. The third-order valence-corrected chi connectivity index (χ3v) is 9.62. The first-order valence-corrected chi connectivity index (χ1v) is 8.64. The zero-order valence-corrected chi connectivity index (χ0v) is 14.8. The molecule has 0 unspecified atom stereocenters. The molecule has 4 rings (SSSR count). The Morgan fingerprint density at radius 1 is 1.10 bits per heavy atom. The highest BCUT2D eigenvalue weighted by Crippen LogP contribution is 2.81. The Hall–Kier alpha value is 1.18. The number of ether oxygens (including phenoxy) is 1. The number of fused-ring (bicyclic) bond motifs is 9. The van der Waals surface area contributed by atoms with E-state index in [9.17, 15) is 0 Å². The normalized spacial score (nSPS) is 57.9. The third-order valence-electron chi connectivity index (χ3n) is 5.35. The summed E-state index contributed by atoms with van der Waals surface area (Å²) in [6.45, 7) is 2.03. The van der Waals surface area contributed by atoms with Crippen LogP contribution in [0.15, 0.2) is 22.2 Å². The van der Waals surface area contributed by atoms with Crippen molar-refractivity contribution in [2.24, 2.45) is 11.8 Å². The molecule has 110 valence electrons. The van der Waals surface area contributed by atoms with E-state index in [4.69, 9.17) is 74.3 Å². The lowest BCUT2D eigenvalue weighted by Crippen LogP contribution is -2.50. The summed E-state index contributed by atoms with van der Waals surface area (Å²) in [4.78, 5) is -2.44. The fourth-order valence-corrected chi connectivity index (χ4v) is 7.55. The lowest BCUT2D eigenvalue weighted by Gasteiger charge is -2.41. The number of hydrogen-bond donors (Lipinski definition) is 0. The summed E-state index contributed by atoms with van der Waals surface area (Å²) in [6.07, 6.45) is 4.59. The van der Waals surface area contributed by atoms with Crippen molar-refractivity contribution < 1.29 is 4.74 Å². The number of hydrogen-bond acceptors (Lipinski definition) is 1. The summed E-state index contributed by atoms with van der Waals surface area (Å²) in [5.41, 5.74) is -0.527. The van der Waals surface area contributed by atoms with Crippen molar-refractivity contribution in [3.8, 4) is 0 Å². The Labute approximate surface area is 147 Å². The van der Waals surface area contributed by atoms with E-state index in [1.54, 1.807) is 0 Å². The van der Waals surface area contributed by atoms with Crippen LogP contribution in [0.4, 0.5) is 0 Å². The Bertz CT molecular complexity index is 585. The molecule has 4 bridgehead atoms. The van der Waals surface area contributed by atoms with Crippen molar-refractivity contribution in [1.29, 1.82) is 0 Å². The van der Waals surface area contributed by atoms with E-state index < -0.39 is 19.7 Å². The Kier molecular flexibility index (Phi) is 2.81. The molecular weight excluding hydrogens is 385 g/mol. The van der Waals surface area contributed by atoms with Gasteiger partial charge in [-0.05, 0) is 6.42 Å². The van der Waals surface area contributed by atoms with E-state index in [1.807, 2.05) is 19.1 Å². The van der Waals surface area contributed by atoms with E-state index >= 15 is 0 Å². The minimum absolute atomic E-state index is 0.184. The molecule has 1 nitrogen and oxygen atoms in total. The van der Waals surface area contributed by atoms with Crippen LogP contribution >= 0.6 is 69.6 Å².